The number of nitrogens with zero attached hydrogens (tertiary/aromatic N) is 3. The number of hydrogen-bond acceptors (Lipinski definition) is 5. The molecule has 144 valence electrons. The lowest BCUT2D eigenvalue weighted by atomic mass is 9.97. The molecule has 4 rings (SSSR count). The Labute approximate surface area is 161 Å². The number of non-ortho nitro benzene ring substituents is 1. The predicted molar refractivity (Wildman–Crippen MR) is 103 cm³/mol. The van der Waals surface area contributed by atoms with E-state index in [2.05, 4.69) is 9.97 Å². The van der Waals surface area contributed by atoms with Gasteiger partial charge in [-0.3, -0.25) is 14.9 Å². The molecule has 1 atom stereocenters. The maximum Gasteiger partial charge on any atom is 0.273 e. The molecular weight excluding hydrogens is 360 g/mol. The first-order chi connectivity index (χ1) is 13.6. The quantitative estimate of drug-likeness (QED) is 0.541. The Kier molecular flexibility index (Phi) is 4.92. The first-order valence-electron chi connectivity index (χ1n) is 9.20. The molecule has 1 aromatic heterocycles. The largest absolute Gasteiger partial charge is 0.484 e. The number of aromatic amines is 1. The summed E-state index contributed by atoms with van der Waals surface area (Å²) in [5, 5.41) is 10.8. The monoisotopic (exact) mass is 380 g/mol. The summed E-state index contributed by atoms with van der Waals surface area (Å²) in [6.07, 6.45) is 1.86. The van der Waals surface area contributed by atoms with Gasteiger partial charge in [0.15, 0.2) is 6.61 Å². The van der Waals surface area contributed by atoms with E-state index in [1.54, 1.807) is 11.0 Å². The molecule has 1 unspecified atom stereocenters. The molecule has 1 N–H and O–H groups in total. The van der Waals surface area contributed by atoms with Crippen LogP contribution >= 0.6 is 0 Å². The van der Waals surface area contributed by atoms with Crippen LogP contribution < -0.4 is 4.74 Å². The van der Waals surface area contributed by atoms with Crippen LogP contribution in [0.2, 0.25) is 0 Å². The first kappa shape index (κ1) is 18.0. The molecule has 1 fully saturated rings. The van der Waals surface area contributed by atoms with E-state index in [9.17, 15) is 14.9 Å². The lowest BCUT2D eigenvalue weighted by molar-refractivity contribution is -0.384. The Morgan fingerprint density at radius 3 is 2.96 bits per heavy atom. The number of ether oxygens (including phenoxy) is 1. The number of piperidine rings is 1. The lowest BCUT2D eigenvalue weighted by Gasteiger charge is -2.31. The molecule has 0 bridgehead atoms. The number of likely N-dealkylation sites (tertiary alicyclic amines) is 1. The second-order valence-corrected chi connectivity index (χ2v) is 6.86. The van der Waals surface area contributed by atoms with Gasteiger partial charge in [-0.1, -0.05) is 18.2 Å². The van der Waals surface area contributed by atoms with Gasteiger partial charge in [0.05, 0.1) is 22.0 Å². The van der Waals surface area contributed by atoms with Crippen molar-refractivity contribution in [1.82, 2.24) is 14.9 Å². The zero-order valence-corrected chi connectivity index (χ0v) is 15.2. The van der Waals surface area contributed by atoms with Crippen molar-refractivity contribution in [2.45, 2.75) is 18.8 Å². The molecule has 0 aliphatic carbocycles. The minimum absolute atomic E-state index is 0.0622. The van der Waals surface area contributed by atoms with E-state index in [4.69, 9.17) is 4.74 Å². The molecule has 2 aromatic carbocycles. The third kappa shape index (κ3) is 3.80. The van der Waals surface area contributed by atoms with Gasteiger partial charge >= 0.3 is 0 Å². The fourth-order valence-corrected chi connectivity index (χ4v) is 3.52. The zero-order chi connectivity index (χ0) is 19.5. The molecule has 3 aromatic rings. The number of fused-ring (bicyclic) bond motifs is 1. The summed E-state index contributed by atoms with van der Waals surface area (Å²) in [4.78, 5) is 32.7. The van der Waals surface area contributed by atoms with Gasteiger partial charge in [0, 0.05) is 25.1 Å². The number of carbonyl (C=O) groups excluding carboxylic acids is 1. The van der Waals surface area contributed by atoms with E-state index < -0.39 is 4.92 Å². The van der Waals surface area contributed by atoms with E-state index >= 15 is 0 Å². The molecule has 8 nitrogen and oxygen atoms in total. The number of imidazole rings is 1. The number of rotatable bonds is 5. The lowest BCUT2D eigenvalue weighted by Crippen LogP contribution is -2.41. The van der Waals surface area contributed by atoms with Gasteiger partial charge in [-0.15, -0.1) is 0 Å². The number of para-hydroxylation sites is 2. The van der Waals surface area contributed by atoms with Crippen LogP contribution in [0.25, 0.3) is 11.0 Å². The highest BCUT2D eigenvalue weighted by Gasteiger charge is 2.27. The number of hydrogen-bond donors (Lipinski definition) is 1. The van der Waals surface area contributed by atoms with Crippen LogP contribution in [0, 0.1) is 10.1 Å². The van der Waals surface area contributed by atoms with Gasteiger partial charge in [0.1, 0.15) is 11.6 Å². The maximum absolute atomic E-state index is 12.6. The van der Waals surface area contributed by atoms with Crippen molar-refractivity contribution < 1.29 is 14.5 Å². The zero-order valence-electron chi connectivity index (χ0n) is 15.2. The SMILES string of the molecule is O=C(COc1cccc([N+](=O)[O-])c1)N1CCCC(c2nc3ccccc3[nH]2)C1. The molecule has 0 saturated carbocycles. The molecule has 1 saturated heterocycles. The Balaban J connectivity index is 1.39. The van der Waals surface area contributed by atoms with Gasteiger partial charge in [-0.05, 0) is 31.0 Å². The summed E-state index contributed by atoms with van der Waals surface area (Å²) in [5.74, 6) is 1.24. The van der Waals surface area contributed by atoms with Gasteiger partial charge < -0.3 is 14.6 Å². The van der Waals surface area contributed by atoms with Gasteiger partial charge in [-0.2, -0.15) is 0 Å². The summed E-state index contributed by atoms with van der Waals surface area (Å²) >= 11 is 0. The summed E-state index contributed by atoms with van der Waals surface area (Å²) in [5.41, 5.74) is 1.86. The van der Waals surface area contributed by atoms with Crippen LogP contribution in [0.5, 0.6) is 5.75 Å². The summed E-state index contributed by atoms with van der Waals surface area (Å²) in [7, 11) is 0. The molecule has 0 radical (unpaired) electrons. The van der Waals surface area contributed by atoms with Crippen LogP contribution in [0.4, 0.5) is 5.69 Å². The van der Waals surface area contributed by atoms with Gasteiger partial charge in [-0.25, -0.2) is 4.98 Å². The Morgan fingerprint density at radius 2 is 2.14 bits per heavy atom. The highest BCUT2D eigenvalue weighted by atomic mass is 16.6. The Bertz CT molecular complexity index is 983. The number of aromatic nitrogens is 2. The van der Waals surface area contributed by atoms with Crippen LogP contribution in [0.3, 0.4) is 0 Å². The molecule has 0 spiro atoms. The number of carbonyl (C=O) groups is 1. The van der Waals surface area contributed by atoms with E-state index in [0.717, 1.165) is 29.7 Å². The Morgan fingerprint density at radius 1 is 1.29 bits per heavy atom. The fourth-order valence-electron chi connectivity index (χ4n) is 3.52. The van der Waals surface area contributed by atoms with Crippen molar-refractivity contribution in [1.29, 1.82) is 0 Å². The van der Waals surface area contributed by atoms with E-state index in [1.165, 1.54) is 18.2 Å². The normalized spacial score (nSPS) is 16.9. The number of H-pyrrole nitrogens is 1. The average Bonchev–Trinajstić information content (AvgIpc) is 3.16. The number of nitro groups is 1. The highest BCUT2D eigenvalue weighted by molar-refractivity contribution is 5.78. The molecule has 28 heavy (non-hydrogen) atoms. The second-order valence-electron chi connectivity index (χ2n) is 6.86. The van der Waals surface area contributed by atoms with Crippen LogP contribution in [-0.2, 0) is 4.79 Å². The van der Waals surface area contributed by atoms with Crippen LogP contribution in [0.1, 0.15) is 24.6 Å². The van der Waals surface area contributed by atoms with E-state index in [1.807, 2.05) is 24.3 Å². The molecule has 2 heterocycles. The maximum atomic E-state index is 12.6. The third-order valence-electron chi connectivity index (χ3n) is 4.96. The fraction of sp³-hybridized carbons (Fsp3) is 0.300. The third-order valence-corrected chi connectivity index (χ3v) is 4.96. The number of nitro benzene ring substituents is 1. The minimum atomic E-state index is -0.489. The number of amides is 1. The first-order valence-corrected chi connectivity index (χ1v) is 9.20. The molecule has 1 aliphatic heterocycles. The summed E-state index contributed by atoms with van der Waals surface area (Å²) in [6.45, 7) is 1.11. The average molecular weight is 380 g/mol. The van der Waals surface area contributed by atoms with Crippen LogP contribution in [0.15, 0.2) is 48.5 Å². The smallest absolute Gasteiger partial charge is 0.273 e. The number of nitrogens with one attached hydrogen (secondary N) is 1. The van der Waals surface area contributed by atoms with Crippen molar-refractivity contribution in [2.75, 3.05) is 19.7 Å². The topological polar surface area (TPSA) is 101 Å². The predicted octanol–water partition coefficient (Wildman–Crippen LogP) is 3.26. The molecule has 1 amide bonds. The summed E-state index contributed by atoms with van der Waals surface area (Å²) < 4.78 is 5.48. The molecule has 8 heteroatoms. The minimum Gasteiger partial charge on any atom is -0.484 e. The second kappa shape index (κ2) is 7.67. The van der Waals surface area contributed by atoms with Gasteiger partial charge in [0.25, 0.3) is 11.6 Å². The van der Waals surface area contributed by atoms with E-state index in [-0.39, 0.29) is 24.1 Å². The number of benzene rings is 2. The van der Waals surface area contributed by atoms with Crippen LogP contribution in [-0.4, -0.2) is 45.4 Å². The van der Waals surface area contributed by atoms with Crippen molar-refractivity contribution in [2.24, 2.45) is 0 Å². The summed E-state index contributed by atoms with van der Waals surface area (Å²) in [6, 6.07) is 13.7. The van der Waals surface area contributed by atoms with Crippen molar-refractivity contribution in [3.8, 4) is 5.75 Å². The van der Waals surface area contributed by atoms with E-state index in [0.29, 0.717) is 18.8 Å². The molecular formula is C20H20N4O4. The van der Waals surface area contributed by atoms with Crippen molar-refractivity contribution in [3.63, 3.8) is 0 Å². The highest BCUT2D eigenvalue weighted by Crippen LogP contribution is 2.27. The Hall–Kier alpha value is -3.42. The van der Waals surface area contributed by atoms with Gasteiger partial charge in [0.2, 0.25) is 0 Å². The van der Waals surface area contributed by atoms with Crippen molar-refractivity contribution in [3.05, 3.63) is 64.5 Å². The standard InChI is InChI=1S/C20H20N4O4/c25-19(13-28-16-7-3-6-15(11-16)24(26)27)23-10-4-5-14(12-23)20-21-17-8-1-2-9-18(17)22-20/h1-3,6-9,11,14H,4-5,10,12-13H2,(H,21,22). The molecule has 1 aliphatic rings. The van der Waals surface area contributed by atoms with Crippen molar-refractivity contribution >= 4 is 22.6 Å².